The van der Waals surface area contributed by atoms with E-state index in [0.717, 1.165) is 0 Å². The molecule has 0 bridgehead atoms. The van der Waals surface area contributed by atoms with Crippen LogP contribution in [0.3, 0.4) is 0 Å². The monoisotopic (exact) mass is 163 g/mol. The Bertz CT molecular complexity index is 135. The van der Waals surface area contributed by atoms with Gasteiger partial charge in [-0.3, -0.25) is 4.79 Å². The zero-order valence-corrected chi connectivity index (χ0v) is 6.37. The highest BCUT2D eigenvalue weighted by Gasteiger charge is 2.18. The van der Waals surface area contributed by atoms with Crippen LogP contribution in [-0.2, 0) is 4.79 Å². The molecule has 0 rings (SSSR count). The first-order valence-electron chi connectivity index (χ1n) is 3.24. The van der Waals surface area contributed by atoms with Crippen molar-refractivity contribution < 1.29 is 20.1 Å². The summed E-state index contributed by atoms with van der Waals surface area (Å²) in [4.78, 5) is 9.97. The minimum atomic E-state index is -1.24. The van der Waals surface area contributed by atoms with Crippen molar-refractivity contribution in [1.29, 1.82) is 0 Å². The van der Waals surface area contributed by atoms with Gasteiger partial charge in [-0.2, -0.15) is 0 Å². The van der Waals surface area contributed by atoms with Crippen LogP contribution in [0.2, 0.25) is 0 Å². The molecule has 0 aromatic heterocycles. The van der Waals surface area contributed by atoms with Gasteiger partial charge in [-0.15, -0.1) is 0 Å². The fraction of sp³-hybridized carbons (Fsp3) is 0.833. The first-order valence-corrected chi connectivity index (χ1v) is 3.24. The van der Waals surface area contributed by atoms with E-state index in [-0.39, 0.29) is 19.7 Å². The summed E-state index contributed by atoms with van der Waals surface area (Å²) in [6.07, 6.45) is 0. The molecule has 11 heavy (non-hydrogen) atoms. The van der Waals surface area contributed by atoms with Gasteiger partial charge in [0, 0.05) is 6.54 Å². The third kappa shape index (κ3) is 5.78. The lowest BCUT2D eigenvalue weighted by molar-refractivity contribution is -0.136. The van der Waals surface area contributed by atoms with Crippen LogP contribution in [0, 0.1) is 0 Å². The number of aliphatic hydroxyl groups is 2. The summed E-state index contributed by atoms with van der Waals surface area (Å²) in [5.41, 5.74) is -1.24. The van der Waals surface area contributed by atoms with Gasteiger partial charge in [0.05, 0.1) is 18.8 Å². The first-order chi connectivity index (χ1) is 4.98. The Morgan fingerprint density at radius 3 is 2.55 bits per heavy atom. The molecule has 5 heteroatoms. The van der Waals surface area contributed by atoms with E-state index in [1.54, 1.807) is 0 Å². The smallest absolute Gasteiger partial charge is 0.317 e. The maximum absolute atomic E-state index is 9.97. The highest BCUT2D eigenvalue weighted by molar-refractivity contribution is 5.68. The summed E-state index contributed by atoms with van der Waals surface area (Å²) in [5, 5.41) is 28.3. The van der Waals surface area contributed by atoms with Crippen molar-refractivity contribution in [3.63, 3.8) is 0 Å². The van der Waals surface area contributed by atoms with Crippen LogP contribution in [0.1, 0.15) is 6.92 Å². The van der Waals surface area contributed by atoms with Crippen molar-refractivity contribution in [2.75, 3.05) is 19.7 Å². The number of carbonyl (C=O) groups is 1. The molecule has 0 saturated carbocycles. The topological polar surface area (TPSA) is 89.8 Å². The number of aliphatic hydroxyl groups excluding tert-OH is 1. The molecule has 1 atom stereocenters. The predicted octanol–water partition coefficient (Wildman–Crippen LogP) is -1.60. The Kier molecular flexibility index (Phi) is 4.02. The lowest BCUT2D eigenvalue weighted by Gasteiger charge is -2.19. The molecule has 4 N–H and O–H groups in total. The molecule has 0 spiro atoms. The molecule has 0 aliphatic heterocycles. The number of carboxylic acid groups (broad SMARTS) is 1. The molecule has 66 valence electrons. The van der Waals surface area contributed by atoms with Crippen LogP contribution in [0.15, 0.2) is 0 Å². The lowest BCUT2D eigenvalue weighted by atomic mass is 10.1. The SMILES string of the molecule is CC(O)(CO)CNCC(=O)O. The van der Waals surface area contributed by atoms with E-state index in [2.05, 4.69) is 5.32 Å². The van der Waals surface area contributed by atoms with Crippen LogP contribution in [-0.4, -0.2) is 46.6 Å². The van der Waals surface area contributed by atoms with Crippen LogP contribution in [0.4, 0.5) is 0 Å². The van der Waals surface area contributed by atoms with E-state index < -0.39 is 11.6 Å². The van der Waals surface area contributed by atoms with E-state index in [0.29, 0.717) is 0 Å². The Morgan fingerprint density at radius 2 is 2.18 bits per heavy atom. The number of rotatable bonds is 5. The van der Waals surface area contributed by atoms with Crippen LogP contribution >= 0.6 is 0 Å². The van der Waals surface area contributed by atoms with Gasteiger partial charge in [-0.05, 0) is 6.92 Å². The Labute approximate surface area is 64.7 Å². The van der Waals surface area contributed by atoms with Gasteiger partial charge in [0.2, 0.25) is 0 Å². The zero-order valence-electron chi connectivity index (χ0n) is 6.37. The highest BCUT2D eigenvalue weighted by Crippen LogP contribution is 1.97. The van der Waals surface area contributed by atoms with Crippen molar-refractivity contribution in [2.45, 2.75) is 12.5 Å². The normalized spacial score (nSPS) is 15.9. The Balaban J connectivity index is 3.45. The summed E-state index contributed by atoms with van der Waals surface area (Å²) in [5.74, 6) is -0.987. The van der Waals surface area contributed by atoms with E-state index in [9.17, 15) is 4.79 Å². The summed E-state index contributed by atoms with van der Waals surface area (Å²) >= 11 is 0. The van der Waals surface area contributed by atoms with Crippen molar-refractivity contribution in [1.82, 2.24) is 5.32 Å². The maximum Gasteiger partial charge on any atom is 0.317 e. The zero-order chi connectivity index (χ0) is 8.91. The summed E-state index contributed by atoms with van der Waals surface area (Å²) in [6, 6.07) is 0. The van der Waals surface area contributed by atoms with Crippen LogP contribution < -0.4 is 5.32 Å². The minimum absolute atomic E-state index is 0.0653. The molecule has 0 aromatic carbocycles. The molecular formula is C6H13NO4. The highest BCUT2D eigenvalue weighted by atomic mass is 16.4. The molecule has 5 nitrogen and oxygen atoms in total. The number of nitrogens with one attached hydrogen (secondary N) is 1. The van der Waals surface area contributed by atoms with Gasteiger partial charge >= 0.3 is 5.97 Å². The first kappa shape index (κ1) is 10.3. The Hall–Kier alpha value is -0.650. The van der Waals surface area contributed by atoms with E-state index in [1.807, 2.05) is 0 Å². The van der Waals surface area contributed by atoms with Crippen LogP contribution in [0.5, 0.6) is 0 Å². The van der Waals surface area contributed by atoms with Crippen molar-refractivity contribution in [3.8, 4) is 0 Å². The number of hydrogen-bond donors (Lipinski definition) is 4. The molecule has 0 radical (unpaired) electrons. The second kappa shape index (κ2) is 4.27. The molecule has 0 amide bonds. The third-order valence-corrected chi connectivity index (χ3v) is 1.12. The summed E-state index contributed by atoms with van der Waals surface area (Å²) in [6.45, 7) is 0.882. The summed E-state index contributed by atoms with van der Waals surface area (Å²) in [7, 11) is 0. The molecule has 0 heterocycles. The van der Waals surface area contributed by atoms with Gasteiger partial charge in [0.1, 0.15) is 0 Å². The van der Waals surface area contributed by atoms with Gasteiger partial charge in [0.15, 0.2) is 0 Å². The van der Waals surface area contributed by atoms with Crippen molar-refractivity contribution in [2.24, 2.45) is 0 Å². The fourth-order valence-electron chi connectivity index (χ4n) is 0.495. The number of hydrogen-bond acceptors (Lipinski definition) is 4. The largest absolute Gasteiger partial charge is 0.480 e. The third-order valence-electron chi connectivity index (χ3n) is 1.12. The molecule has 0 fully saturated rings. The molecule has 0 saturated heterocycles. The molecule has 1 unspecified atom stereocenters. The fourth-order valence-corrected chi connectivity index (χ4v) is 0.495. The summed E-state index contributed by atoms with van der Waals surface area (Å²) < 4.78 is 0. The van der Waals surface area contributed by atoms with Gasteiger partial charge in [-0.1, -0.05) is 0 Å². The molecule has 0 aromatic rings. The lowest BCUT2D eigenvalue weighted by Crippen LogP contribution is -2.42. The van der Waals surface area contributed by atoms with E-state index in [1.165, 1.54) is 6.92 Å². The molecule has 0 aliphatic carbocycles. The predicted molar refractivity (Wildman–Crippen MR) is 38.2 cm³/mol. The average Bonchev–Trinajstić information content (AvgIpc) is 1.87. The second-order valence-electron chi connectivity index (χ2n) is 2.65. The molecule has 0 aliphatic rings. The quantitative estimate of drug-likeness (QED) is 0.392. The second-order valence-corrected chi connectivity index (χ2v) is 2.65. The molecular weight excluding hydrogens is 150 g/mol. The average molecular weight is 163 g/mol. The number of carboxylic acids is 1. The van der Waals surface area contributed by atoms with E-state index >= 15 is 0 Å². The number of aliphatic carboxylic acids is 1. The maximum atomic E-state index is 9.97. The standard InChI is InChI=1S/C6H13NO4/c1-6(11,4-8)3-7-2-5(9)10/h7-8,11H,2-4H2,1H3,(H,9,10). The van der Waals surface area contributed by atoms with Gasteiger partial charge in [-0.25, -0.2) is 0 Å². The van der Waals surface area contributed by atoms with Crippen molar-refractivity contribution in [3.05, 3.63) is 0 Å². The van der Waals surface area contributed by atoms with Gasteiger partial charge < -0.3 is 20.6 Å². The van der Waals surface area contributed by atoms with Crippen LogP contribution in [0.25, 0.3) is 0 Å². The van der Waals surface area contributed by atoms with E-state index in [4.69, 9.17) is 15.3 Å². The van der Waals surface area contributed by atoms with Crippen molar-refractivity contribution >= 4 is 5.97 Å². The Morgan fingerprint density at radius 1 is 1.64 bits per heavy atom. The minimum Gasteiger partial charge on any atom is -0.480 e. The van der Waals surface area contributed by atoms with Gasteiger partial charge in [0.25, 0.3) is 0 Å².